The second-order valence-electron chi connectivity index (χ2n) is 6.04. The zero-order chi connectivity index (χ0) is 16.9. The van der Waals surface area contributed by atoms with Gasteiger partial charge in [0, 0.05) is 23.4 Å². The fourth-order valence-electron chi connectivity index (χ4n) is 3.02. The summed E-state index contributed by atoms with van der Waals surface area (Å²) in [6, 6.07) is 11.5. The highest BCUT2D eigenvalue weighted by Gasteiger charge is 2.30. The fourth-order valence-corrected chi connectivity index (χ4v) is 3.75. The summed E-state index contributed by atoms with van der Waals surface area (Å²) in [6.07, 6.45) is 0.899. The minimum atomic E-state index is -0.561. The molecule has 0 spiro atoms. The van der Waals surface area contributed by atoms with Crippen LogP contribution < -0.4 is 0 Å². The predicted molar refractivity (Wildman–Crippen MR) is 95.4 cm³/mol. The van der Waals surface area contributed by atoms with E-state index in [0.29, 0.717) is 31.7 Å². The smallest absolute Gasteiger partial charge is 0.254 e. The minimum absolute atomic E-state index is 0.0179. The second-order valence-corrected chi connectivity index (χ2v) is 7.02. The molecule has 1 N–H and O–H groups in total. The first-order valence-corrected chi connectivity index (χ1v) is 9.26. The number of amides is 1. The molecule has 3 rings (SSSR count). The molecule has 1 aliphatic rings. The normalized spacial score (nSPS) is 19.2. The quantitative estimate of drug-likeness (QED) is 0.905. The fraction of sp³-hybridized carbons (Fsp3) is 0.421. The van der Waals surface area contributed by atoms with Gasteiger partial charge in [0.15, 0.2) is 0 Å². The van der Waals surface area contributed by atoms with Gasteiger partial charge in [0.25, 0.3) is 5.91 Å². The van der Waals surface area contributed by atoms with Crippen LogP contribution in [0, 0.1) is 0 Å². The van der Waals surface area contributed by atoms with Gasteiger partial charge >= 0.3 is 0 Å². The highest BCUT2D eigenvalue weighted by Crippen LogP contribution is 2.26. The van der Waals surface area contributed by atoms with Crippen LogP contribution in [-0.4, -0.2) is 41.7 Å². The summed E-state index contributed by atoms with van der Waals surface area (Å²) in [5, 5.41) is 12.4. The number of aryl methyl sites for hydroxylation is 1. The van der Waals surface area contributed by atoms with Crippen LogP contribution in [0.25, 0.3) is 0 Å². The molecule has 24 heavy (non-hydrogen) atoms. The Bertz CT molecular complexity index is 654. The van der Waals surface area contributed by atoms with E-state index >= 15 is 0 Å². The maximum atomic E-state index is 12.9. The van der Waals surface area contributed by atoms with Crippen LogP contribution in [0.3, 0.4) is 0 Å². The van der Waals surface area contributed by atoms with Crippen LogP contribution in [0.5, 0.6) is 0 Å². The Balaban J connectivity index is 1.72. The molecule has 1 aromatic carbocycles. The molecule has 2 aromatic rings. The van der Waals surface area contributed by atoms with Crippen molar-refractivity contribution in [1.29, 1.82) is 0 Å². The van der Waals surface area contributed by atoms with Gasteiger partial charge < -0.3 is 14.7 Å². The van der Waals surface area contributed by atoms with Crippen LogP contribution in [0.1, 0.15) is 40.2 Å². The van der Waals surface area contributed by atoms with E-state index in [4.69, 9.17) is 4.74 Å². The van der Waals surface area contributed by atoms with Gasteiger partial charge in [-0.15, -0.1) is 11.3 Å². The van der Waals surface area contributed by atoms with E-state index in [1.54, 1.807) is 0 Å². The Hall–Kier alpha value is -1.69. The van der Waals surface area contributed by atoms with E-state index in [0.717, 1.165) is 11.3 Å². The van der Waals surface area contributed by atoms with Crippen LogP contribution in [-0.2, 0) is 11.2 Å². The molecule has 4 nitrogen and oxygen atoms in total. The first-order valence-electron chi connectivity index (χ1n) is 8.38. The summed E-state index contributed by atoms with van der Waals surface area (Å²) in [5.74, 6) is 0.0179. The van der Waals surface area contributed by atoms with Crippen LogP contribution in [0.15, 0.2) is 41.8 Å². The van der Waals surface area contributed by atoms with Gasteiger partial charge in [-0.25, -0.2) is 0 Å². The highest BCUT2D eigenvalue weighted by atomic mass is 32.1. The third-order valence-corrected chi connectivity index (χ3v) is 5.44. The molecule has 0 saturated carbocycles. The molecule has 1 aromatic heterocycles. The van der Waals surface area contributed by atoms with E-state index in [1.165, 1.54) is 16.9 Å². The second kappa shape index (κ2) is 7.92. The summed E-state index contributed by atoms with van der Waals surface area (Å²) in [7, 11) is 0. The van der Waals surface area contributed by atoms with Gasteiger partial charge in [-0.1, -0.05) is 25.1 Å². The molecule has 5 heteroatoms. The molecule has 0 aliphatic carbocycles. The van der Waals surface area contributed by atoms with E-state index < -0.39 is 6.10 Å². The Labute approximate surface area is 146 Å². The van der Waals surface area contributed by atoms with Gasteiger partial charge in [-0.2, -0.15) is 0 Å². The van der Waals surface area contributed by atoms with Crippen LogP contribution >= 0.6 is 11.3 Å². The average Bonchev–Trinajstić information content (AvgIpc) is 3.16. The maximum Gasteiger partial charge on any atom is 0.254 e. The number of carbonyl (C=O) groups is 1. The first-order chi connectivity index (χ1) is 11.7. The van der Waals surface area contributed by atoms with E-state index in [9.17, 15) is 9.90 Å². The summed E-state index contributed by atoms with van der Waals surface area (Å²) in [6.45, 7) is 3.68. The van der Waals surface area contributed by atoms with Crippen molar-refractivity contribution >= 4 is 17.2 Å². The number of rotatable bonds is 5. The molecule has 128 valence electrons. The third-order valence-electron chi connectivity index (χ3n) is 4.46. The van der Waals surface area contributed by atoms with Crippen molar-refractivity contribution in [3.63, 3.8) is 0 Å². The standard InChI is InChI=1S/C19H23NO3S/c1-2-14-5-7-15(8-6-14)19(22)20-9-10-23-13-16(20)12-17(21)18-4-3-11-24-18/h3-8,11,16-17,21H,2,9-10,12-13H2,1H3. The zero-order valence-electron chi connectivity index (χ0n) is 13.9. The lowest BCUT2D eigenvalue weighted by molar-refractivity contribution is -0.0170. The number of morpholine rings is 1. The lowest BCUT2D eigenvalue weighted by Gasteiger charge is -2.36. The molecule has 0 bridgehead atoms. The number of nitrogens with zero attached hydrogens (tertiary/aromatic N) is 1. The number of aliphatic hydroxyl groups is 1. The molecule has 1 aliphatic heterocycles. The summed E-state index contributed by atoms with van der Waals surface area (Å²) < 4.78 is 5.55. The van der Waals surface area contributed by atoms with Crippen molar-refractivity contribution in [1.82, 2.24) is 4.90 Å². The highest BCUT2D eigenvalue weighted by molar-refractivity contribution is 7.10. The van der Waals surface area contributed by atoms with Crippen molar-refractivity contribution in [3.8, 4) is 0 Å². The monoisotopic (exact) mass is 345 g/mol. The molecule has 0 radical (unpaired) electrons. The van der Waals surface area contributed by atoms with Gasteiger partial charge in [0.05, 0.1) is 25.4 Å². The summed E-state index contributed by atoms with van der Waals surface area (Å²) in [4.78, 5) is 15.6. The Morgan fingerprint density at radius 3 is 2.83 bits per heavy atom. The summed E-state index contributed by atoms with van der Waals surface area (Å²) in [5.41, 5.74) is 1.92. The lowest BCUT2D eigenvalue weighted by atomic mass is 10.0. The molecular weight excluding hydrogens is 322 g/mol. The largest absolute Gasteiger partial charge is 0.387 e. The Morgan fingerprint density at radius 1 is 1.38 bits per heavy atom. The molecule has 1 saturated heterocycles. The molecular formula is C19H23NO3S. The first kappa shape index (κ1) is 17.1. The number of hydrogen-bond donors (Lipinski definition) is 1. The van der Waals surface area contributed by atoms with Crippen molar-refractivity contribution in [2.75, 3.05) is 19.8 Å². The molecule has 2 atom stereocenters. The minimum Gasteiger partial charge on any atom is -0.387 e. The third kappa shape index (κ3) is 3.86. The number of carbonyl (C=O) groups excluding carboxylic acids is 1. The lowest BCUT2D eigenvalue weighted by Crippen LogP contribution is -2.49. The SMILES string of the molecule is CCc1ccc(C(=O)N2CCOCC2CC(O)c2cccs2)cc1. The Kier molecular flexibility index (Phi) is 5.66. The van der Waals surface area contributed by atoms with Gasteiger partial charge in [0.1, 0.15) is 0 Å². The van der Waals surface area contributed by atoms with Crippen molar-refractivity contribution in [2.24, 2.45) is 0 Å². The number of thiophene rings is 1. The van der Waals surface area contributed by atoms with Gasteiger partial charge in [-0.05, 0) is 35.6 Å². The van der Waals surface area contributed by atoms with Gasteiger partial charge in [-0.3, -0.25) is 4.79 Å². The van der Waals surface area contributed by atoms with E-state index in [2.05, 4.69) is 6.92 Å². The van der Waals surface area contributed by atoms with Crippen LogP contribution in [0.4, 0.5) is 0 Å². The topological polar surface area (TPSA) is 49.8 Å². The molecule has 2 heterocycles. The molecule has 1 amide bonds. The molecule has 1 fully saturated rings. The van der Waals surface area contributed by atoms with Crippen molar-refractivity contribution in [3.05, 3.63) is 57.8 Å². The van der Waals surface area contributed by atoms with Crippen LogP contribution in [0.2, 0.25) is 0 Å². The Morgan fingerprint density at radius 2 is 2.17 bits per heavy atom. The number of aliphatic hydroxyl groups excluding tert-OH is 1. The van der Waals surface area contributed by atoms with Crippen molar-refractivity contribution < 1.29 is 14.6 Å². The molecule has 2 unspecified atom stereocenters. The van der Waals surface area contributed by atoms with Crippen molar-refractivity contribution in [2.45, 2.75) is 31.9 Å². The zero-order valence-corrected chi connectivity index (χ0v) is 14.7. The van der Waals surface area contributed by atoms with E-state index in [-0.39, 0.29) is 11.9 Å². The maximum absolute atomic E-state index is 12.9. The van der Waals surface area contributed by atoms with E-state index in [1.807, 2.05) is 46.7 Å². The number of benzene rings is 1. The summed E-state index contributed by atoms with van der Waals surface area (Å²) >= 11 is 1.54. The average molecular weight is 345 g/mol. The van der Waals surface area contributed by atoms with Gasteiger partial charge in [0.2, 0.25) is 0 Å². The predicted octanol–water partition coefficient (Wildman–Crippen LogP) is 3.28. The number of hydrogen-bond acceptors (Lipinski definition) is 4. The number of ether oxygens (including phenoxy) is 1.